The topological polar surface area (TPSA) is 35.5 Å². The van der Waals surface area contributed by atoms with E-state index in [0.717, 1.165) is 25.2 Å². The Bertz CT molecular complexity index is 398. The lowest BCUT2D eigenvalue weighted by Gasteiger charge is -2.04. The third-order valence-corrected chi connectivity index (χ3v) is 3.03. The summed E-state index contributed by atoms with van der Waals surface area (Å²) in [6, 6.07) is 6.22. The summed E-state index contributed by atoms with van der Waals surface area (Å²) in [6.45, 7) is 1.31. The largest absolute Gasteiger partial charge is 0.493 e. The number of rotatable bonds is 6. The van der Waals surface area contributed by atoms with Gasteiger partial charge in [0, 0.05) is 26.4 Å². The number of ether oxygens (including phenoxy) is 2. The van der Waals surface area contributed by atoms with Crippen molar-refractivity contribution in [3.8, 4) is 5.75 Å². The van der Waals surface area contributed by atoms with Crippen LogP contribution in [0.2, 0.25) is 0 Å². The van der Waals surface area contributed by atoms with E-state index in [1.165, 1.54) is 11.1 Å². The van der Waals surface area contributed by atoms with E-state index in [-0.39, 0.29) is 5.78 Å². The molecule has 1 aromatic rings. The number of ketones is 1. The number of Topliss-reactive ketones (excluding diaryl/α,β-unsaturated/α-hetero) is 1. The molecule has 1 aromatic carbocycles. The smallest absolute Gasteiger partial charge is 0.135 e. The molecule has 0 unspecified atom stereocenters. The normalized spacial score (nSPS) is 13.2. The average molecular weight is 234 g/mol. The summed E-state index contributed by atoms with van der Waals surface area (Å²) < 4.78 is 10.3. The van der Waals surface area contributed by atoms with Crippen molar-refractivity contribution < 1.29 is 14.3 Å². The average Bonchev–Trinajstić information content (AvgIpc) is 2.81. The van der Waals surface area contributed by atoms with Crippen molar-refractivity contribution in [1.29, 1.82) is 0 Å². The minimum atomic E-state index is 0.267. The summed E-state index contributed by atoms with van der Waals surface area (Å²) in [5.41, 5.74) is 2.49. The fourth-order valence-corrected chi connectivity index (χ4v) is 2.02. The van der Waals surface area contributed by atoms with E-state index >= 15 is 0 Å². The summed E-state index contributed by atoms with van der Waals surface area (Å²) in [5.74, 6) is 1.27. The van der Waals surface area contributed by atoms with Gasteiger partial charge in [-0.05, 0) is 23.6 Å². The summed E-state index contributed by atoms with van der Waals surface area (Å²) in [6.07, 6.45) is 2.92. The van der Waals surface area contributed by atoms with Crippen LogP contribution < -0.4 is 4.74 Å². The minimum absolute atomic E-state index is 0.267. The van der Waals surface area contributed by atoms with Crippen molar-refractivity contribution in [2.45, 2.75) is 25.7 Å². The Kier molecular flexibility index (Phi) is 4.15. The van der Waals surface area contributed by atoms with Crippen molar-refractivity contribution in [2.75, 3.05) is 20.3 Å². The van der Waals surface area contributed by atoms with Gasteiger partial charge in [0.25, 0.3) is 0 Å². The van der Waals surface area contributed by atoms with Crippen LogP contribution >= 0.6 is 0 Å². The monoisotopic (exact) mass is 234 g/mol. The number of benzene rings is 1. The summed E-state index contributed by atoms with van der Waals surface area (Å²) in [4.78, 5) is 11.5. The molecule has 0 spiro atoms. The van der Waals surface area contributed by atoms with Gasteiger partial charge in [-0.25, -0.2) is 0 Å². The van der Waals surface area contributed by atoms with Crippen LogP contribution in [0.5, 0.6) is 5.75 Å². The van der Waals surface area contributed by atoms with Crippen LogP contribution in [0.25, 0.3) is 0 Å². The molecule has 0 aliphatic carbocycles. The molecule has 0 fully saturated rings. The van der Waals surface area contributed by atoms with Crippen LogP contribution in [-0.2, 0) is 22.4 Å². The lowest BCUT2D eigenvalue weighted by atomic mass is 10.0. The standard InChI is InChI=1S/C14H18O3/c1-16-8-7-13(15)4-2-11-3-5-14-12(10-11)6-9-17-14/h3,5,10H,2,4,6-9H2,1H3. The lowest BCUT2D eigenvalue weighted by molar-refractivity contribution is -0.119. The number of carbonyl (C=O) groups excluding carboxylic acids is 1. The van der Waals surface area contributed by atoms with Crippen molar-refractivity contribution >= 4 is 5.78 Å². The molecule has 17 heavy (non-hydrogen) atoms. The van der Waals surface area contributed by atoms with E-state index in [2.05, 4.69) is 6.07 Å². The molecule has 0 aromatic heterocycles. The van der Waals surface area contributed by atoms with Crippen LogP contribution in [0.4, 0.5) is 0 Å². The molecule has 0 N–H and O–H groups in total. The van der Waals surface area contributed by atoms with E-state index in [4.69, 9.17) is 9.47 Å². The van der Waals surface area contributed by atoms with E-state index in [9.17, 15) is 4.79 Å². The Morgan fingerprint density at radius 3 is 3.12 bits per heavy atom. The summed E-state index contributed by atoms with van der Waals surface area (Å²) in [7, 11) is 1.62. The van der Waals surface area contributed by atoms with Gasteiger partial charge in [0.15, 0.2) is 0 Å². The number of aryl methyl sites for hydroxylation is 1. The second kappa shape index (κ2) is 5.82. The summed E-state index contributed by atoms with van der Waals surface area (Å²) in [5, 5.41) is 0. The van der Waals surface area contributed by atoms with Gasteiger partial charge < -0.3 is 9.47 Å². The highest BCUT2D eigenvalue weighted by Crippen LogP contribution is 2.26. The zero-order valence-corrected chi connectivity index (χ0v) is 10.2. The maximum absolute atomic E-state index is 11.5. The Labute approximate surface area is 102 Å². The predicted molar refractivity (Wildman–Crippen MR) is 65.5 cm³/mol. The Morgan fingerprint density at radius 2 is 2.29 bits per heavy atom. The van der Waals surface area contributed by atoms with E-state index in [1.54, 1.807) is 7.11 Å². The van der Waals surface area contributed by atoms with Gasteiger partial charge in [0.2, 0.25) is 0 Å². The first-order valence-electron chi connectivity index (χ1n) is 6.05. The molecular weight excluding hydrogens is 216 g/mol. The van der Waals surface area contributed by atoms with Crippen molar-refractivity contribution in [2.24, 2.45) is 0 Å². The molecule has 92 valence electrons. The van der Waals surface area contributed by atoms with Gasteiger partial charge in [-0.15, -0.1) is 0 Å². The number of hydrogen-bond donors (Lipinski definition) is 0. The number of fused-ring (bicyclic) bond motifs is 1. The lowest BCUT2D eigenvalue weighted by Crippen LogP contribution is -2.04. The highest BCUT2D eigenvalue weighted by atomic mass is 16.5. The zero-order chi connectivity index (χ0) is 12.1. The maximum atomic E-state index is 11.5. The highest BCUT2D eigenvalue weighted by Gasteiger charge is 2.12. The van der Waals surface area contributed by atoms with E-state index in [1.807, 2.05) is 12.1 Å². The maximum Gasteiger partial charge on any atom is 0.135 e. The van der Waals surface area contributed by atoms with Crippen LogP contribution in [0.15, 0.2) is 18.2 Å². The Morgan fingerprint density at radius 1 is 1.41 bits per heavy atom. The number of methoxy groups -OCH3 is 1. The SMILES string of the molecule is COCCC(=O)CCc1ccc2c(c1)CCO2. The van der Waals surface area contributed by atoms with Crippen molar-refractivity contribution in [3.63, 3.8) is 0 Å². The second-order valence-corrected chi connectivity index (χ2v) is 4.32. The first kappa shape index (κ1) is 12.1. The van der Waals surface area contributed by atoms with Crippen LogP contribution in [0, 0.1) is 0 Å². The van der Waals surface area contributed by atoms with Gasteiger partial charge in [-0.2, -0.15) is 0 Å². The van der Waals surface area contributed by atoms with E-state index < -0.39 is 0 Å². The second-order valence-electron chi connectivity index (χ2n) is 4.32. The minimum Gasteiger partial charge on any atom is -0.493 e. The van der Waals surface area contributed by atoms with Gasteiger partial charge in [-0.3, -0.25) is 4.79 Å². The third kappa shape index (κ3) is 3.30. The highest BCUT2D eigenvalue weighted by molar-refractivity contribution is 5.78. The van der Waals surface area contributed by atoms with Crippen LogP contribution in [0.3, 0.4) is 0 Å². The van der Waals surface area contributed by atoms with E-state index in [0.29, 0.717) is 19.4 Å². The molecule has 1 aliphatic heterocycles. The molecule has 2 rings (SSSR count). The molecule has 3 nitrogen and oxygen atoms in total. The van der Waals surface area contributed by atoms with Crippen molar-refractivity contribution in [1.82, 2.24) is 0 Å². The number of hydrogen-bond acceptors (Lipinski definition) is 3. The Hall–Kier alpha value is -1.35. The zero-order valence-electron chi connectivity index (χ0n) is 10.2. The molecule has 0 atom stereocenters. The predicted octanol–water partition coefficient (Wildman–Crippen LogP) is 2.16. The molecule has 1 aliphatic rings. The third-order valence-electron chi connectivity index (χ3n) is 3.03. The van der Waals surface area contributed by atoms with Gasteiger partial charge in [0.05, 0.1) is 13.2 Å². The van der Waals surface area contributed by atoms with Crippen molar-refractivity contribution in [3.05, 3.63) is 29.3 Å². The molecule has 0 saturated carbocycles. The molecule has 0 amide bonds. The molecule has 3 heteroatoms. The quantitative estimate of drug-likeness (QED) is 0.756. The van der Waals surface area contributed by atoms with Crippen LogP contribution in [-0.4, -0.2) is 26.1 Å². The van der Waals surface area contributed by atoms with Gasteiger partial charge in [0.1, 0.15) is 11.5 Å². The van der Waals surface area contributed by atoms with Gasteiger partial charge in [-0.1, -0.05) is 12.1 Å². The Balaban J connectivity index is 1.85. The molecule has 0 radical (unpaired) electrons. The fraction of sp³-hybridized carbons (Fsp3) is 0.500. The van der Waals surface area contributed by atoms with Gasteiger partial charge >= 0.3 is 0 Å². The molecule has 0 bridgehead atoms. The fourth-order valence-electron chi connectivity index (χ4n) is 2.02. The molecule has 1 heterocycles. The molecular formula is C14H18O3. The first-order valence-corrected chi connectivity index (χ1v) is 6.05. The summed E-state index contributed by atoms with van der Waals surface area (Å²) >= 11 is 0. The first-order chi connectivity index (χ1) is 8.29. The number of carbonyl (C=O) groups is 1. The van der Waals surface area contributed by atoms with Crippen LogP contribution in [0.1, 0.15) is 24.0 Å². The molecule has 0 saturated heterocycles.